The number of unbranched alkanes of at least 4 members (excludes halogenated alkanes) is 1. The monoisotopic (exact) mass is 899 g/mol. The first-order chi connectivity index (χ1) is 31.1. The van der Waals surface area contributed by atoms with Gasteiger partial charge in [0.25, 0.3) is 0 Å². The molecule has 65 heavy (non-hydrogen) atoms. The standard InChI is InChI=1S/C51H54ClN5O8/c1-30(43(58)20-17-39-21-23-54-56-39)24-47(62)42-27-32-7-18-44(59)40(26-32)41-28-36(14-19-45(41)60)49(48(63)25-31(2)50(64)55-42)57(3)51(65)37(6-4-5-22-53)29-46(61)35-10-8-33(9-11-35)34-12-15-38(52)16-13-34/h7-21,23,26,28,30-31,37,42,49,59-60H,4-6,22,24-25,27,29,53H2,1-3H3,(H,54,56)(H,55,64)/b20-17+/t30-,31-,37-,42+,49+/m1/s1. The van der Waals surface area contributed by atoms with Crippen LogP contribution in [-0.2, 0) is 30.4 Å². The fourth-order valence-corrected chi connectivity index (χ4v) is 8.25. The molecule has 0 fully saturated rings. The molecule has 14 heteroatoms. The van der Waals surface area contributed by atoms with Crippen molar-refractivity contribution in [2.45, 2.75) is 70.9 Å². The number of Topliss-reactive ketones (excluding diaryl/α,β-unsaturated/α-hetero) is 3. The molecule has 5 atom stereocenters. The Morgan fingerprint density at radius 3 is 2.20 bits per heavy atom. The topological polar surface area (TPSA) is 213 Å². The van der Waals surface area contributed by atoms with Crippen LogP contribution in [0.2, 0.25) is 5.02 Å². The number of likely N-dealkylation sites (N-methyl/N-ethyl adjacent to an activating group) is 1. The number of rotatable bonds is 16. The molecule has 2 amide bonds. The molecule has 13 nitrogen and oxygen atoms in total. The van der Waals surface area contributed by atoms with Gasteiger partial charge >= 0.3 is 0 Å². The number of nitrogens with two attached hydrogens (primary N) is 1. The molecule has 1 aromatic heterocycles. The lowest BCUT2D eigenvalue weighted by Crippen LogP contribution is -2.46. The summed E-state index contributed by atoms with van der Waals surface area (Å²) in [6.45, 7) is 3.56. The number of aromatic nitrogens is 2. The van der Waals surface area contributed by atoms with Crippen LogP contribution in [0, 0.1) is 17.8 Å². The lowest BCUT2D eigenvalue weighted by Gasteiger charge is -2.32. The summed E-state index contributed by atoms with van der Waals surface area (Å²) < 4.78 is 0. The van der Waals surface area contributed by atoms with Gasteiger partial charge in [-0.2, -0.15) is 5.10 Å². The summed E-state index contributed by atoms with van der Waals surface area (Å²) in [5, 5.41) is 32.4. The number of benzene rings is 4. The summed E-state index contributed by atoms with van der Waals surface area (Å²) in [6, 6.07) is 22.7. The highest BCUT2D eigenvalue weighted by Gasteiger charge is 2.36. The minimum absolute atomic E-state index is 0.0134. The Morgan fingerprint density at radius 1 is 0.877 bits per heavy atom. The lowest BCUT2D eigenvalue weighted by atomic mass is 9.87. The molecule has 0 radical (unpaired) electrons. The van der Waals surface area contributed by atoms with Crippen molar-refractivity contribution in [2.24, 2.45) is 23.5 Å². The van der Waals surface area contributed by atoms with Crippen molar-refractivity contribution in [2.75, 3.05) is 13.6 Å². The lowest BCUT2D eigenvalue weighted by molar-refractivity contribution is -0.142. The number of nitrogens with one attached hydrogen (secondary N) is 2. The number of aromatic hydroxyl groups is 2. The molecule has 338 valence electrons. The number of aromatic amines is 1. The van der Waals surface area contributed by atoms with Crippen LogP contribution in [0.5, 0.6) is 11.5 Å². The first kappa shape index (κ1) is 47.8. The van der Waals surface area contributed by atoms with Crippen LogP contribution in [-0.4, -0.2) is 79.9 Å². The second kappa shape index (κ2) is 21.8. The highest BCUT2D eigenvalue weighted by atomic mass is 35.5. The fraction of sp³-hybridized carbons (Fsp3) is 0.314. The van der Waals surface area contributed by atoms with Crippen LogP contribution in [0.1, 0.15) is 85.6 Å². The number of ketones is 4. The van der Waals surface area contributed by atoms with Crippen LogP contribution in [0.25, 0.3) is 28.3 Å². The molecule has 5 aromatic rings. The van der Waals surface area contributed by atoms with E-state index in [9.17, 15) is 39.0 Å². The molecule has 4 aromatic carbocycles. The van der Waals surface area contributed by atoms with Gasteiger partial charge in [0.2, 0.25) is 11.8 Å². The predicted octanol–water partition coefficient (Wildman–Crippen LogP) is 7.84. The van der Waals surface area contributed by atoms with Gasteiger partial charge in [-0.3, -0.25) is 33.9 Å². The number of allylic oxidation sites excluding steroid dienone is 1. The van der Waals surface area contributed by atoms with E-state index in [-0.39, 0.29) is 59.9 Å². The van der Waals surface area contributed by atoms with E-state index in [4.69, 9.17) is 17.3 Å². The average Bonchev–Trinajstić information content (AvgIpc) is 3.82. The molecule has 6 N–H and O–H groups in total. The van der Waals surface area contributed by atoms with Gasteiger partial charge in [-0.1, -0.05) is 80.4 Å². The van der Waals surface area contributed by atoms with Crippen LogP contribution in [0.3, 0.4) is 0 Å². The summed E-state index contributed by atoms with van der Waals surface area (Å²) in [4.78, 5) is 85.3. The fourth-order valence-electron chi connectivity index (χ4n) is 8.13. The molecule has 4 bridgehead atoms. The maximum atomic E-state index is 14.7. The largest absolute Gasteiger partial charge is 0.507 e. The SMILES string of the molecule is C[C@H](CC(=O)[C@@H]1Cc2ccc(O)c(c2)-c2cc(ccc2O)[C@H](N(C)C(=O)[C@H](CCCCN)CC(=O)c2ccc(-c3ccc(Cl)cc3)cc2)C(=O)C[C@@H](C)C(=O)N1)C(=O)/C=C/c1ccn[nH]1. The number of halogens is 1. The zero-order chi connectivity index (χ0) is 46.8. The number of carbonyl (C=O) groups is 6. The van der Waals surface area contributed by atoms with Crippen molar-refractivity contribution < 1.29 is 39.0 Å². The van der Waals surface area contributed by atoms with Gasteiger partial charge in [0.05, 0.1) is 11.7 Å². The minimum atomic E-state index is -1.28. The first-order valence-electron chi connectivity index (χ1n) is 21.7. The molecular formula is C51H54ClN5O8. The second-order valence-electron chi connectivity index (χ2n) is 16.8. The third-order valence-electron chi connectivity index (χ3n) is 11.9. The number of phenols is 2. The molecule has 6 rings (SSSR count). The number of phenolic OH excluding ortho intramolecular Hbond substituents is 2. The van der Waals surface area contributed by atoms with Crippen LogP contribution in [0.15, 0.2) is 103 Å². The van der Waals surface area contributed by atoms with E-state index in [0.29, 0.717) is 53.2 Å². The summed E-state index contributed by atoms with van der Waals surface area (Å²) >= 11 is 6.06. The number of nitrogens with zero attached hydrogens (tertiary/aromatic N) is 2. The van der Waals surface area contributed by atoms with E-state index >= 15 is 0 Å². The van der Waals surface area contributed by atoms with Gasteiger partial charge in [0.1, 0.15) is 17.5 Å². The van der Waals surface area contributed by atoms with Gasteiger partial charge in [-0.15, -0.1) is 0 Å². The number of hydrogen-bond acceptors (Lipinski definition) is 10. The summed E-state index contributed by atoms with van der Waals surface area (Å²) in [6.07, 6.45) is 5.24. The van der Waals surface area contributed by atoms with Crippen LogP contribution in [0.4, 0.5) is 0 Å². The Balaban J connectivity index is 1.29. The highest BCUT2D eigenvalue weighted by Crippen LogP contribution is 2.40. The second-order valence-corrected chi connectivity index (χ2v) is 17.3. The van der Waals surface area contributed by atoms with E-state index in [0.717, 1.165) is 11.1 Å². The van der Waals surface area contributed by atoms with Gasteiger partial charge in [-0.05, 0) is 103 Å². The minimum Gasteiger partial charge on any atom is -0.507 e. The Hall–Kier alpha value is -6.70. The van der Waals surface area contributed by atoms with E-state index in [1.165, 1.54) is 42.3 Å². The maximum Gasteiger partial charge on any atom is 0.226 e. The summed E-state index contributed by atoms with van der Waals surface area (Å²) in [7, 11) is 1.48. The van der Waals surface area contributed by atoms with E-state index in [1.54, 1.807) is 68.6 Å². The normalized spacial score (nSPS) is 17.5. The third-order valence-corrected chi connectivity index (χ3v) is 12.2. The van der Waals surface area contributed by atoms with Gasteiger partial charge < -0.3 is 26.2 Å². The van der Waals surface area contributed by atoms with Crippen molar-refractivity contribution in [1.82, 2.24) is 20.4 Å². The molecule has 0 aliphatic carbocycles. The molecule has 0 saturated carbocycles. The maximum absolute atomic E-state index is 14.7. The summed E-state index contributed by atoms with van der Waals surface area (Å²) in [5.74, 6) is -5.51. The molecule has 0 spiro atoms. The Kier molecular flexibility index (Phi) is 16.0. The number of H-pyrrole nitrogens is 1. The van der Waals surface area contributed by atoms with Crippen molar-refractivity contribution in [3.05, 3.63) is 131 Å². The van der Waals surface area contributed by atoms with E-state index in [1.807, 2.05) is 24.3 Å². The number of fused-ring (bicyclic) bond motifs is 5. The van der Waals surface area contributed by atoms with Crippen molar-refractivity contribution in [3.8, 4) is 33.8 Å². The van der Waals surface area contributed by atoms with Crippen molar-refractivity contribution in [1.29, 1.82) is 0 Å². The van der Waals surface area contributed by atoms with Crippen molar-refractivity contribution in [3.63, 3.8) is 0 Å². The van der Waals surface area contributed by atoms with Crippen LogP contribution < -0.4 is 11.1 Å². The quantitative estimate of drug-likeness (QED) is 0.0368. The zero-order valence-corrected chi connectivity index (χ0v) is 37.4. The molecule has 1 aliphatic rings. The first-order valence-corrected chi connectivity index (χ1v) is 22.1. The molecule has 0 unspecified atom stereocenters. The molecule has 2 heterocycles. The van der Waals surface area contributed by atoms with E-state index < -0.39 is 53.2 Å². The smallest absolute Gasteiger partial charge is 0.226 e. The highest BCUT2D eigenvalue weighted by molar-refractivity contribution is 6.30. The molecule has 1 aliphatic heterocycles. The Bertz CT molecular complexity index is 2560. The van der Waals surface area contributed by atoms with Gasteiger partial charge in [-0.25, -0.2) is 0 Å². The van der Waals surface area contributed by atoms with Gasteiger partial charge in [0, 0.05) is 72.0 Å². The van der Waals surface area contributed by atoms with E-state index in [2.05, 4.69) is 15.5 Å². The number of carbonyl (C=O) groups excluding carboxylic acids is 6. The zero-order valence-electron chi connectivity index (χ0n) is 36.6. The number of hydrogen-bond donors (Lipinski definition) is 5. The Labute approximate surface area is 383 Å². The summed E-state index contributed by atoms with van der Waals surface area (Å²) in [5.41, 5.74) is 9.86. The average molecular weight is 900 g/mol. The molecule has 0 saturated heterocycles. The van der Waals surface area contributed by atoms with Gasteiger partial charge in [0.15, 0.2) is 23.1 Å². The predicted molar refractivity (Wildman–Crippen MR) is 249 cm³/mol. The Morgan fingerprint density at radius 2 is 1.54 bits per heavy atom. The number of amides is 2. The van der Waals surface area contributed by atoms with Crippen LogP contribution >= 0.6 is 11.6 Å². The van der Waals surface area contributed by atoms with Crippen molar-refractivity contribution >= 4 is 52.6 Å². The molecular weight excluding hydrogens is 846 g/mol. The third kappa shape index (κ3) is 12.1.